The van der Waals surface area contributed by atoms with Crippen LogP contribution < -0.4 is 0 Å². The molecule has 0 aromatic carbocycles. The zero-order valence-corrected chi connectivity index (χ0v) is 7.29. The van der Waals surface area contributed by atoms with Gasteiger partial charge >= 0.3 is 0 Å². The van der Waals surface area contributed by atoms with E-state index in [1.165, 1.54) is 43.7 Å². The first kappa shape index (κ1) is 7.69. The number of hydrogen-bond acceptors (Lipinski definition) is 0. The molecule has 3 saturated heterocycles. The molecular formula is C7H15B2N2. The molecule has 3 fully saturated rings. The van der Waals surface area contributed by atoms with Crippen molar-refractivity contribution in [1.82, 2.24) is 0 Å². The van der Waals surface area contributed by atoms with Crippen LogP contribution in [0.2, 0.25) is 6.82 Å². The molecule has 0 atom stereocenters. The van der Waals surface area contributed by atoms with Gasteiger partial charge in [0.05, 0.1) is 39.3 Å². The van der Waals surface area contributed by atoms with E-state index >= 15 is 0 Å². The Labute approximate surface area is 71.0 Å². The number of nitrogens with zero attached hydrogens (tertiary/aromatic N) is 2. The van der Waals surface area contributed by atoms with Crippen molar-refractivity contribution in [1.29, 1.82) is 0 Å². The second-order valence-corrected chi connectivity index (χ2v) is 4.04. The Morgan fingerprint density at radius 1 is 1.00 bits per heavy atom. The van der Waals surface area contributed by atoms with Crippen LogP contribution in [0.5, 0.6) is 0 Å². The predicted octanol–water partition coefficient (Wildman–Crippen LogP) is -0.602. The van der Waals surface area contributed by atoms with Crippen molar-refractivity contribution in [2.75, 3.05) is 39.3 Å². The monoisotopic (exact) mass is 149 g/mol. The first-order chi connectivity index (χ1) is 5.18. The van der Waals surface area contributed by atoms with Gasteiger partial charge in [0.1, 0.15) is 0 Å². The highest BCUT2D eigenvalue weighted by atomic mass is 15.5. The molecule has 0 unspecified atom stereocenters. The lowest BCUT2D eigenvalue weighted by Gasteiger charge is -2.68. The maximum atomic E-state index is 6.12. The second-order valence-electron chi connectivity index (χ2n) is 4.04. The van der Waals surface area contributed by atoms with Gasteiger partial charge in [0.15, 0.2) is 0 Å². The number of fused-ring (bicyclic) bond motifs is 3. The maximum absolute atomic E-state index is 6.12. The van der Waals surface area contributed by atoms with Crippen LogP contribution in [0.25, 0.3) is 0 Å². The molecule has 4 heteroatoms. The Hall–Kier alpha value is 0.0499. The van der Waals surface area contributed by atoms with Crippen molar-refractivity contribution >= 4 is 15.4 Å². The molecule has 3 heterocycles. The van der Waals surface area contributed by atoms with Crippen LogP contribution in [-0.2, 0) is 0 Å². The third-order valence-electron chi connectivity index (χ3n) is 3.52. The Bertz CT molecular complexity index is 147. The molecule has 0 aromatic heterocycles. The van der Waals surface area contributed by atoms with Gasteiger partial charge < -0.3 is 8.79 Å². The van der Waals surface area contributed by atoms with Crippen molar-refractivity contribution in [3.63, 3.8) is 0 Å². The minimum Gasteiger partial charge on any atom is -0.575 e. The molecular weight excluding hydrogens is 134 g/mol. The molecule has 0 N–H and O–H groups in total. The Morgan fingerprint density at radius 3 is 1.82 bits per heavy atom. The van der Waals surface area contributed by atoms with E-state index in [9.17, 15) is 0 Å². The first-order valence-electron chi connectivity index (χ1n) is 4.49. The highest BCUT2D eigenvalue weighted by Crippen LogP contribution is 2.22. The van der Waals surface area contributed by atoms with Gasteiger partial charge in [-0.05, 0) is 7.41 Å². The Kier molecular flexibility index (Phi) is 1.58. The number of piperazine rings is 3. The van der Waals surface area contributed by atoms with Crippen molar-refractivity contribution in [3.8, 4) is 0 Å². The number of hydrogen-bond donors (Lipinski definition) is 0. The summed E-state index contributed by atoms with van der Waals surface area (Å²) in [6.07, 6.45) is 0. The lowest BCUT2D eigenvalue weighted by Crippen LogP contribution is -2.74. The van der Waals surface area contributed by atoms with Crippen molar-refractivity contribution in [3.05, 3.63) is 0 Å². The van der Waals surface area contributed by atoms with Crippen LogP contribution in [0.3, 0.4) is 0 Å². The fourth-order valence-corrected chi connectivity index (χ4v) is 2.25. The summed E-state index contributed by atoms with van der Waals surface area (Å²) in [5.41, 5.74) is 0. The minimum atomic E-state index is 0.841. The third kappa shape index (κ3) is 1.13. The second kappa shape index (κ2) is 2.27. The van der Waals surface area contributed by atoms with Gasteiger partial charge in [-0.3, -0.25) is 0 Å². The lowest BCUT2D eigenvalue weighted by atomic mass is 9.84. The van der Waals surface area contributed by atoms with Gasteiger partial charge in [0.25, 0.3) is 0 Å². The van der Waals surface area contributed by atoms with E-state index in [1.807, 2.05) is 0 Å². The van der Waals surface area contributed by atoms with Crippen molar-refractivity contribution in [2.45, 2.75) is 6.82 Å². The summed E-state index contributed by atoms with van der Waals surface area (Å²) in [6, 6.07) is 0. The van der Waals surface area contributed by atoms with E-state index < -0.39 is 0 Å². The van der Waals surface area contributed by atoms with Gasteiger partial charge in [-0.1, -0.05) is 0 Å². The fourth-order valence-electron chi connectivity index (χ4n) is 2.25. The highest BCUT2D eigenvalue weighted by molar-refractivity contribution is 6.24. The topological polar surface area (TPSA) is 0 Å². The molecule has 59 valence electrons. The van der Waals surface area contributed by atoms with Crippen LogP contribution in [0.4, 0.5) is 0 Å². The maximum Gasteiger partial charge on any atom is 0.0800 e. The molecule has 3 aliphatic rings. The van der Waals surface area contributed by atoms with E-state index in [4.69, 9.17) is 7.98 Å². The van der Waals surface area contributed by atoms with E-state index in [-0.39, 0.29) is 0 Å². The molecule has 3 rings (SSSR count). The average molecular weight is 149 g/mol. The number of quaternary nitrogens is 2. The largest absolute Gasteiger partial charge is 0.575 e. The quantitative estimate of drug-likeness (QED) is 0.436. The standard InChI is InChI=1S/C7H15B2N2/c1-9-11-5-2-10(8,3-6-11)4-7-11/h2-7H2,1H3. The normalized spacial score (nSPS) is 49.6. The van der Waals surface area contributed by atoms with Crippen molar-refractivity contribution < 1.29 is 8.79 Å². The molecule has 5 radical (unpaired) electrons. The molecule has 0 spiro atoms. The zero-order chi connectivity index (χ0) is 7.95. The predicted molar refractivity (Wildman–Crippen MR) is 47.1 cm³/mol. The molecule has 11 heavy (non-hydrogen) atoms. The lowest BCUT2D eigenvalue weighted by molar-refractivity contribution is -0.985. The van der Waals surface area contributed by atoms with E-state index in [0.717, 1.165) is 4.39 Å². The van der Waals surface area contributed by atoms with E-state index in [1.54, 1.807) is 0 Å². The third-order valence-corrected chi connectivity index (χ3v) is 3.52. The molecule has 2 bridgehead atoms. The van der Waals surface area contributed by atoms with Crippen LogP contribution in [0.1, 0.15) is 0 Å². The minimum absolute atomic E-state index is 0.841. The molecule has 0 aromatic rings. The zero-order valence-electron chi connectivity index (χ0n) is 7.29. The van der Waals surface area contributed by atoms with Crippen LogP contribution in [0, 0.1) is 0 Å². The van der Waals surface area contributed by atoms with Gasteiger partial charge in [0, 0.05) is 0 Å². The molecule has 2 nitrogen and oxygen atoms in total. The smallest absolute Gasteiger partial charge is 0.0800 e. The Morgan fingerprint density at radius 2 is 1.45 bits per heavy atom. The highest BCUT2D eigenvalue weighted by Gasteiger charge is 2.33. The van der Waals surface area contributed by atoms with Crippen molar-refractivity contribution in [2.24, 2.45) is 0 Å². The van der Waals surface area contributed by atoms with Gasteiger partial charge in [-0.15, -0.1) is 0 Å². The molecule has 0 saturated carbocycles. The molecule has 3 aliphatic heterocycles. The van der Waals surface area contributed by atoms with Crippen LogP contribution in [-0.4, -0.2) is 63.5 Å². The Balaban J connectivity index is 2.12. The van der Waals surface area contributed by atoms with Gasteiger partial charge in [-0.2, -0.15) is 6.82 Å². The SMILES string of the molecule is [B-][N+]12CC[N+]([B-]C)(CC1)CC2. The summed E-state index contributed by atoms with van der Waals surface area (Å²) in [6.45, 7) is 9.47. The summed E-state index contributed by atoms with van der Waals surface area (Å²) in [5, 5.41) is 0. The van der Waals surface area contributed by atoms with Gasteiger partial charge in [0.2, 0.25) is 0 Å². The summed E-state index contributed by atoms with van der Waals surface area (Å²) in [7, 11) is 8.47. The molecule has 0 amide bonds. The van der Waals surface area contributed by atoms with E-state index in [0.29, 0.717) is 0 Å². The van der Waals surface area contributed by atoms with Gasteiger partial charge in [-0.25, -0.2) is 7.98 Å². The summed E-state index contributed by atoms with van der Waals surface area (Å²) in [4.78, 5) is 0. The number of rotatable bonds is 1. The summed E-state index contributed by atoms with van der Waals surface area (Å²) in [5.74, 6) is 0. The summed E-state index contributed by atoms with van der Waals surface area (Å²) < 4.78 is 2.06. The van der Waals surface area contributed by atoms with Crippen LogP contribution >= 0.6 is 0 Å². The fraction of sp³-hybridized carbons (Fsp3) is 1.00. The van der Waals surface area contributed by atoms with E-state index in [2.05, 4.69) is 14.2 Å². The average Bonchev–Trinajstić information content (AvgIpc) is 2.07. The summed E-state index contributed by atoms with van der Waals surface area (Å²) >= 11 is 0. The van der Waals surface area contributed by atoms with Crippen LogP contribution in [0.15, 0.2) is 0 Å². The molecule has 0 aliphatic carbocycles. The first-order valence-corrected chi connectivity index (χ1v) is 4.49.